The lowest BCUT2D eigenvalue weighted by Gasteiger charge is -2.15. The number of rotatable bonds is 5. The standard InChI is InChI=1S/C11H19BrN4/c1-7(2)4-5-8(3)14-11-15-9(12)6-10(13)16-11/h6-8H,4-5H2,1-3H3,(H3,13,14,15,16). The average molecular weight is 287 g/mol. The van der Waals surface area contributed by atoms with Gasteiger partial charge >= 0.3 is 0 Å². The minimum Gasteiger partial charge on any atom is -0.383 e. The Hall–Kier alpha value is -0.840. The summed E-state index contributed by atoms with van der Waals surface area (Å²) in [6.07, 6.45) is 2.30. The quantitative estimate of drug-likeness (QED) is 0.817. The third-order valence-corrected chi connectivity index (χ3v) is 2.67. The number of nitrogen functional groups attached to an aromatic ring is 1. The fourth-order valence-corrected chi connectivity index (χ4v) is 1.78. The third-order valence-electron chi connectivity index (χ3n) is 2.27. The molecular weight excluding hydrogens is 268 g/mol. The van der Waals surface area contributed by atoms with Crippen molar-refractivity contribution in [3.05, 3.63) is 10.7 Å². The number of nitrogens with two attached hydrogens (primary N) is 1. The zero-order valence-electron chi connectivity index (χ0n) is 10.00. The molecule has 1 heterocycles. The van der Waals surface area contributed by atoms with E-state index in [-0.39, 0.29) is 0 Å². The van der Waals surface area contributed by atoms with Crippen molar-refractivity contribution >= 4 is 27.7 Å². The lowest BCUT2D eigenvalue weighted by molar-refractivity contribution is 0.526. The minimum atomic E-state index is 0.358. The first-order valence-electron chi connectivity index (χ1n) is 5.54. The summed E-state index contributed by atoms with van der Waals surface area (Å²) in [6.45, 7) is 6.57. The molecule has 0 saturated carbocycles. The molecule has 0 aromatic carbocycles. The van der Waals surface area contributed by atoms with E-state index in [1.54, 1.807) is 6.07 Å². The summed E-state index contributed by atoms with van der Waals surface area (Å²) >= 11 is 3.29. The minimum absolute atomic E-state index is 0.358. The van der Waals surface area contributed by atoms with Gasteiger partial charge in [0, 0.05) is 12.1 Å². The van der Waals surface area contributed by atoms with Crippen LogP contribution in [-0.2, 0) is 0 Å². The number of halogens is 1. The van der Waals surface area contributed by atoms with Crippen LogP contribution in [0.2, 0.25) is 0 Å². The van der Waals surface area contributed by atoms with Gasteiger partial charge in [-0.25, -0.2) is 4.98 Å². The van der Waals surface area contributed by atoms with Gasteiger partial charge in [-0.3, -0.25) is 0 Å². The van der Waals surface area contributed by atoms with Crippen molar-refractivity contribution in [1.82, 2.24) is 9.97 Å². The van der Waals surface area contributed by atoms with Gasteiger partial charge < -0.3 is 11.1 Å². The molecule has 0 saturated heterocycles. The Balaban J connectivity index is 2.52. The predicted molar refractivity (Wildman–Crippen MR) is 71.3 cm³/mol. The number of aromatic nitrogens is 2. The highest BCUT2D eigenvalue weighted by atomic mass is 79.9. The molecule has 4 nitrogen and oxygen atoms in total. The highest BCUT2D eigenvalue weighted by Crippen LogP contribution is 2.14. The molecule has 1 atom stereocenters. The summed E-state index contributed by atoms with van der Waals surface area (Å²) < 4.78 is 0.707. The van der Waals surface area contributed by atoms with Crippen molar-refractivity contribution in [2.45, 2.75) is 39.7 Å². The van der Waals surface area contributed by atoms with Crippen molar-refractivity contribution in [3.63, 3.8) is 0 Å². The maximum atomic E-state index is 5.64. The summed E-state index contributed by atoms with van der Waals surface area (Å²) in [5.74, 6) is 1.78. The SMILES string of the molecule is CC(C)CCC(C)Nc1nc(N)cc(Br)n1. The van der Waals surface area contributed by atoms with Gasteiger partial charge in [0.25, 0.3) is 0 Å². The molecule has 16 heavy (non-hydrogen) atoms. The highest BCUT2D eigenvalue weighted by Gasteiger charge is 2.06. The van der Waals surface area contributed by atoms with Crippen LogP contribution in [0.1, 0.15) is 33.6 Å². The largest absolute Gasteiger partial charge is 0.383 e. The zero-order chi connectivity index (χ0) is 12.1. The van der Waals surface area contributed by atoms with Gasteiger partial charge in [0.15, 0.2) is 0 Å². The smallest absolute Gasteiger partial charge is 0.225 e. The number of nitrogens with one attached hydrogen (secondary N) is 1. The van der Waals surface area contributed by atoms with Crippen LogP contribution in [0.3, 0.4) is 0 Å². The number of hydrogen-bond acceptors (Lipinski definition) is 4. The number of nitrogens with zero attached hydrogens (tertiary/aromatic N) is 2. The van der Waals surface area contributed by atoms with Crippen LogP contribution < -0.4 is 11.1 Å². The highest BCUT2D eigenvalue weighted by molar-refractivity contribution is 9.10. The van der Waals surface area contributed by atoms with E-state index in [1.807, 2.05) is 0 Å². The normalized spacial score (nSPS) is 12.8. The van der Waals surface area contributed by atoms with E-state index in [9.17, 15) is 0 Å². The van der Waals surface area contributed by atoms with Gasteiger partial charge in [-0.15, -0.1) is 0 Å². The molecule has 0 radical (unpaired) electrons. The predicted octanol–water partition coefficient (Wildman–Crippen LogP) is 3.06. The molecule has 0 fully saturated rings. The second kappa shape index (κ2) is 6.03. The van der Waals surface area contributed by atoms with E-state index in [1.165, 1.54) is 6.42 Å². The molecule has 1 aromatic rings. The molecule has 5 heteroatoms. The first-order valence-corrected chi connectivity index (χ1v) is 6.33. The van der Waals surface area contributed by atoms with Gasteiger partial charge in [-0.2, -0.15) is 4.98 Å². The van der Waals surface area contributed by atoms with E-state index in [4.69, 9.17) is 5.73 Å². The Morgan fingerprint density at radius 3 is 2.56 bits per heavy atom. The van der Waals surface area contributed by atoms with Gasteiger partial charge in [0.1, 0.15) is 10.4 Å². The van der Waals surface area contributed by atoms with Gasteiger partial charge in [0.2, 0.25) is 5.95 Å². The molecule has 3 N–H and O–H groups in total. The van der Waals surface area contributed by atoms with Gasteiger partial charge in [-0.1, -0.05) is 13.8 Å². The van der Waals surface area contributed by atoms with E-state index in [2.05, 4.69) is 52.0 Å². The fourth-order valence-electron chi connectivity index (χ4n) is 1.38. The van der Waals surface area contributed by atoms with Crippen molar-refractivity contribution < 1.29 is 0 Å². The average Bonchev–Trinajstić information content (AvgIpc) is 2.12. The van der Waals surface area contributed by atoms with Crippen LogP contribution >= 0.6 is 15.9 Å². The van der Waals surface area contributed by atoms with Crippen LogP contribution in [0.5, 0.6) is 0 Å². The van der Waals surface area contributed by atoms with Crippen LogP contribution in [0.4, 0.5) is 11.8 Å². The molecule has 1 aromatic heterocycles. The van der Waals surface area contributed by atoms with Gasteiger partial charge in [0.05, 0.1) is 0 Å². The molecule has 0 aliphatic rings. The van der Waals surface area contributed by atoms with Crippen molar-refractivity contribution in [3.8, 4) is 0 Å². The van der Waals surface area contributed by atoms with Crippen LogP contribution in [0, 0.1) is 5.92 Å². The second-order valence-corrected chi connectivity index (χ2v) is 5.27. The summed E-state index contributed by atoms with van der Waals surface area (Å²) in [4.78, 5) is 8.34. The molecule has 0 amide bonds. The Kier molecular flexibility index (Phi) is 4.99. The van der Waals surface area contributed by atoms with E-state index < -0.39 is 0 Å². The van der Waals surface area contributed by atoms with E-state index in [0.29, 0.717) is 22.4 Å². The molecule has 0 aliphatic heterocycles. The second-order valence-electron chi connectivity index (χ2n) is 4.46. The monoisotopic (exact) mass is 286 g/mol. The lowest BCUT2D eigenvalue weighted by atomic mass is 10.0. The lowest BCUT2D eigenvalue weighted by Crippen LogP contribution is -2.18. The maximum absolute atomic E-state index is 5.64. The van der Waals surface area contributed by atoms with Crippen molar-refractivity contribution in [2.24, 2.45) is 5.92 Å². The summed E-state index contributed by atoms with van der Waals surface area (Å²) in [7, 11) is 0. The van der Waals surface area contributed by atoms with E-state index >= 15 is 0 Å². The summed E-state index contributed by atoms with van der Waals surface area (Å²) in [6, 6.07) is 2.04. The molecule has 90 valence electrons. The molecule has 1 unspecified atom stereocenters. The fraction of sp³-hybridized carbons (Fsp3) is 0.636. The molecular formula is C11H19BrN4. The molecule has 1 rings (SSSR count). The third kappa shape index (κ3) is 4.79. The Bertz CT molecular complexity index is 321. The Labute approximate surface area is 105 Å². The number of hydrogen-bond donors (Lipinski definition) is 2. The van der Waals surface area contributed by atoms with Crippen molar-refractivity contribution in [2.75, 3.05) is 11.1 Å². The Morgan fingerprint density at radius 2 is 2.00 bits per heavy atom. The topological polar surface area (TPSA) is 63.8 Å². The molecule has 0 spiro atoms. The first kappa shape index (κ1) is 13.2. The Morgan fingerprint density at radius 1 is 1.31 bits per heavy atom. The number of anilines is 2. The first-order chi connectivity index (χ1) is 7.47. The zero-order valence-corrected chi connectivity index (χ0v) is 11.6. The van der Waals surface area contributed by atoms with Crippen LogP contribution in [0.15, 0.2) is 10.7 Å². The summed E-state index contributed by atoms with van der Waals surface area (Å²) in [5.41, 5.74) is 5.64. The van der Waals surface area contributed by atoms with Crippen LogP contribution in [-0.4, -0.2) is 16.0 Å². The van der Waals surface area contributed by atoms with Gasteiger partial charge in [-0.05, 0) is 41.6 Å². The maximum Gasteiger partial charge on any atom is 0.225 e. The van der Waals surface area contributed by atoms with E-state index in [0.717, 1.165) is 12.3 Å². The molecule has 0 bridgehead atoms. The summed E-state index contributed by atoms with van der Waals surface area (Å²) in [5, 5.41) is 3.25. The van der Waals surface area contributed by atoms with Crippen molar-refractivity contribution in [1.29, 1.82) is 0 Å². The van der Waals surface area contributed by atoms with Crippen LogP contribution in [0.25, 0.3) is 0 Å². The molecule has 0 aliphatic carbocycles.